The Bertz CT molecular complexity index is 952. The van der Waals surface area contributed by atoms with Crippen molar-refractivity contribution >= 4 is 33.7 Å². The lowest BCUT2D eigenvalue weighted by Crippen LogP contribution is -1.93. The second-order valence-electron chi connectivity index (χ2n) is 4.36. The van der Waals surface area contributed by atoms with Crippen LogP contribution in [0.4, 0.5) is 0 Å². The normalized spacial score (nSPS) is 11.1. The number of rotatable bonds is 2. The lowest BCUT2D eigenvalue weighted by Gasteiger charge is -2.06. The number of nitrogens with one attached hydrogen (secondary N) is 1. The molecule has 0 fully saturated rings. The summed E-state index contributed by atoms with van der Waals surface area (Å²) >= 11 is 5.87. The summed E-state index contributed by atoms with van der Waals surface area (Å²) in [7, 11) is 0. The van der Waals surface area contributed by atoms with Gasteiger partial charge in [-0.3, -0.25) is 4.98 Å². The Hall–Kier alpha value is -2.73. The van der Waals surface area contributed by atoms with Crippen LogP contribution in [-0.2, 0) is 0 Å². The standard InChI is InChI=1S/C14H8ClN5O/c15-14-19-12-11(17-7-18-12)13(20-14)21-9-4-3-8-2-1-5-16-10(8)6-9/h1-7H,(H,17,18,19,20). The number of aromatic nitrogens is 5. The molecule has 1 N–H and O–H groups in total. The molecule has 0 radical (unpaired) electrons. The molecular formula is C14H8ClN5O. The van der Waals surface area contributed by atoms with Crippen molar-refractivity contribution in [2.45, 2.75) is 0 Å². The number of pyridine rings is 1. The second kappa shape index (κ2) is 4.68. The SMILES string of the molecule is Clc1nc(Oc2ccc3cccnc3c2)c2[nH]cnc2n1. The average Bonchev–Trinajstić information content (AvgIpc) is 2.95. The van der Waals surface area contributed by atoms with Crippen LogP contribution < -0.4 is 4.74 Å². The van der Waals surface area contributed by atoms with Gasteiger partial charge in [-0.05, 0) is 29.8 Å². The number of halogens is 1. The number of ether oxygens (including phenoxy) is 1. The molecule has 3 heterocycles. The van der Waals surface area contributed by atoms with Crippen molar-refractivity contribution in [2.75, 3.05) is 0 Å². The predicted octanol–water partition coefficient (Wildman–Crippen LogP) is 3.35. The molecule has 0 saturated heterocycles. The molecule has 0 aliphatic heterocycles. The molecule has 0 aliphatic carbocycles. The first-order valence-corrected chi connectivity index (χ1v) is 6.57. The van der Waals surface area contributed by atoms with Gasteiger partial charge in [0.25, 0.3) is 0 Å². The van der Waals surface area contributed by atoms with Crippen LogP contribution in [0.3, 0.4) is 0 Å². The first kappa shape index (κ1) is 12.0. The van der Waals surface area contributed by atoms with Crippen LogP contribution in [0, 0.1) is 0 Å². The fourth-order valence-electron chi connectivity index (χ4n) is 2.08. The summed E-state index contributed by atoms with van der Waals surface area (Å²) in [4.78, 5) is 19.4. The van der Waals surface area contributed by atoms with Gasteiger partial charge in [-0.1, -0.05) is 6.07 Å². The highest BCUT2D eigenvalue weighted by Gasteiger charge is 2.11. The molecule has 0 aliphatic rings. The fourth-order valence-corrected chi connectivity index (χ4v) is 2.23. The zero-order valence-corrected chi connectivity index (χ0v) is 11.4. The van der Waals surface area contributed by atoms with Crippen LogP contribution in [0.1, 0.15) is 0 Å². The Morgan fingerprint density at radius 3 is 3.00 bits per heavy atom. The summed E-state index contributed by atoms with van der Waals surface area (Å²) in [5, 5.41) is 1.13. The third-order valence-electron chi connectivity index (χ3n) is 3.02. The smallest absolute Gasteiger partial charge is 0.250 e. The fraction of sp³-hybridized carbons (Fsp3) is 0. The number of benzene rings is 1. The third-order valence-corrected chi connectivity index (χ3v) is 3.19. The molecule has 0 spiro atoms. The Labute approximate surface area is 123 Å². The maximum Gasteiger partial charge on any atom is 0.250 e. The molecule has 4 rings (SSSR count). The molecule has 7 heteroatoms. The highest BCUT2D eigenvalue weighted by Crippen LogP contribution is 2.28. The summed E-state index contributed by atoms with van der Waals surface area (Å²) in [6, 6.07) is 9.50. The summed E-state index contributed by atoms with van der Waals surface area (Å²) in [5.41, 5.74) is 1.90. The number of aromatic amines is 1. The van der Waals surface area contributed by atoms with Gasteiger partial charge in [0.05, 0.1) is 11.8 Å². The van der Waals surface area contributed by atoms with Crippen molar-refractivity contribution in [1.29, 1.82) is 0 Å². The first-order chi connectivity index (χ1) is 10.3. The average molecular weight is 298 g/mol. The lowest BCUT2D eigenvalue weighted by molar-refractivity contribution is 0.468. The van der Waals surface area contributed by atoms with E-state index < -0.39 is 0 Å². The summed E-state index contributed by atoms with van der Waals surface area (Å²) in [5.74, 6) is 0.949. The van der Waals surface area contributed by atoms with E-state index in [2.05, 4.69) is 24.9 Å². The Kier molecular flexibility index (Phi) is 2.68. The van der Waals surface area contributed by atoms with Gasteiger partial charge in [0.1, 0.15) is 11.3 Å². The van der Waals surface area contributed by atoms with E-state index in [1.54, 1.807) is 6.20 Å². The third kappa shape index (κ3) is 2.15. The van der Waals surface area contributed by atoms with Crippen molar-refractivity contribution in [3.63, 3.8) is 0 Å². The minimum atomic E-state index is 0.0866. The minimum Gasteiger partial charge on any atom is -0.437 e. The Balaban J connectivity index is 1.80. The van der Waals surface area contributed by atoms with Gasteiger partial charge in [0.2, 0.25) is 11.2 Å². The Morgan fingerprint density at radius 1 is 1.10 bits per heavy atom. The molecule has 4 aromatic rings. The van der Waals surface area contributed by atoms with Crippen molar-refractivity contribution in [2.24, 2.45) is 0 Å². The van der Waals surface area contributed by atoms with Gasteiger partial charge in [0, 0.05) is 17.6 Å². The van der Waals surface area contributed by atoms with E-state index in [0.29, 0.717) is 22.8 Å². The number of hydrogen-bond donors (Lipinski definition) is 1. The first-order valence-electron chi connectivity index (χ1n) is 6.19. The zero-order chi connectivity index (χ0) is 14.2. The quantitative estimate of drug-likeness (QED) is 0.574. The van der Waals surface area contributed by atoms with Gasteiger partial charge < -0.3 is 9.72 Å². The van der Waals surface area contributed by atoms with Gasteiger partial charge in [-0.25, -0.2) is 4.98 Å². The maximum atomic E-state index is 5.87. The van der Waals surface area contributed by atoms with Crippen LogP contribution in [-0.4, -0.2) is 24.9 Å². The van der Waals surface area contributed by atoms with Crippen molar-refractivity contribution in [3.8, 4) is 11.6 Å². The molecule has 3 aromatic heterocycles. The maximum absolute atomic E-state index is 5.87. The van der Waals surface area contributed by atoms with Crippen LogP contribution >= 0.6 is 11.6 Å². The molecule has 0 unspecified atom stereocenters. The molecular weight excluding hydrogens is 290 g/mol. The lowest BCUT2D eigenvalue weighted by atomic mass is 10.2. The Morgan fingerprint density at radius 2 is 2.05 bits per heavy atom. The molecule has 0 saturated carbocycles. The molecule has 21 heavy (non-hydrogen) atoms. The molecule has 0 bridgehead atoms. The largest absolute Gasteiger partial charge is 0.437 e. The predicted molar refractivity (Wildman–Crippen MR) is 78.5 cm³/mol. The zero-order valence-electron chi connectivity index (χ0n) is 10.6. The molecule has 0 atom stereocenters. The van der Waals surface area contributed by atoms with E-state index in [4.69, 9.17) is 16.3 Å². The number of H-pyrrole nitrogens is 1. The van der Waals surface area contributed by atoms with E-state index in [0.717, 1.165) is 10.9 Å². The monoisotopic (exact) mass is 297 g/mol. The number of fused-ring (bicyclic) bond motifs is 2. The molecule has 102 valence electrons. The summed E-state index contributed by atoms with van der Waals surface area (Å²) < 4.78 is 5.79. The van der Waals surface area contributed by atoms with E-state index >= 15 is 0 Å². The van der Waals surface area contributed by atoms with Crippen LogP contribution in [0.5, 0.6) is 11.6 Å². The van der Waals surface area contributed by atoms with Crippen LogP contribution in [0.15, 0.2) is 42.9 Å². The highest BCUT2D eigenvalue weighted by atomic mass is 35.5. The van der Waals surface area contributed by atoms with Gasteiger partial charge >= 0.3 is 0 Å². The summed E-state index contributed by atoms with van der Waals surface area (Å²) in [6.07, 6.45) is 3.26. The highest BCUT2D eigenvalue weighted by molar-refractivity contribution is 6.28. The van der Waals surface area contributed by atoms with E-state index in [1.165, 1.54) is 6.33 Å². The van der Waals surface area contributed by atoms with Crippen LogP contribution in [0.2, 0.25) is 5.28 Å². The van der Waals surface area contributed by atoms with Crippen LogP contribution in [0.25, 0.3) is 22.1 Å². The van der Waals surface area contributed by atoms with Gasteiger partial charge in [-0.2, -0.15) is 9.97 Å². The number of nitrogens with zero attached hydrogens (tertiary/aromatic N) is 4. The van der Waals surface area contributed by atoms with Gasteiger partial charge in [0.15, 0.2) is 5.65 Å². The molecule has 1 aromatic carbocycles. The van der Waals surface area contributed by atoms with E-state index in [1.807, 2.05) is 30.3 Å². The van der Waals surface area contributed by atoms with Crippen molar-refractivity contribution < 1.29 is 4.74 Å². The number of hydrogen-bond acceptors (Lipinski definition) is 5. The molecule has 6 nitrogen and oxygen atoms in total. The van der Waals surface area contributed by atoms with Gasteiger partial charge in [-0.15, -0.1) is 0 Å². The van der Waals surface area contributed by atoms with E-state index in [9.17, 15) is 0 Å². The topological polar surface area (TPSA) is 76.6 Å². The minimum absolute atomic E-state index is 0.0866. The molecule has 0 amide bonds. The number of imidazole rings is 1. The summed E-state index contributed by atoms with van der Waals surface area (Å²) in [6.45, 7) is 0. The second-order valence-corrected chi connectivity index (χ2v) is 4.70. The van der Waals surface area contributed by atoms with E-state index in [-0.39, 0.29) is 5.28 Å². The van der Waals surface area contributed by atoms with Crippen molar-refractivity contribution in [1.82, 2.24) is 24.9 Å². The van der Waals surface area contributed by atoms with Crippen molar-refractivity contribution in [3.05, 3.63) is 48.1 Å².